The Morgan fingerprint density at radius 2 is 2.03 bits per heavy atom. The number of nitrogens with zero attached hydrogens (tertiary/aromatic N) is 5. The zero-order valence-corrected chi connectivity index (χ0v) is 19.5. The van der Waals surface area contributed by atoms with Crippen LogP contribution in [-0.2, 0) is 5.54 Å². The lowest BCUT2D eigenvalue weighted by Crippen LogP contribution is -2.46. The van der Waals surface area contributed by atoms with Crippen LogP contribution >= 0.6 is 0 Å². The number of aryl methyl sites for hydroxylation is 1. The number of hydrogen-bond acceptors (Lipinski definition) is 7. The van der Waals surface area contributed by atoms with Crippen LogP contribution in [-0.4, -0.2) is 54.3 Å². The quantitative estimate of drug-likeness (QED) is 0.195. The number of anilines is 1. The number of pyridine rings is 2. The molecule has 0 radical (unpaired) electrons. The predicted molar refractivity (Wildman–Crippen MR) is 127 cm³/mol. The highest BCUT2D eigenvalue weighted by molar-refractivity contribution is 6.03. The van der Waals surface area contributed by atoms with Crippen molar-refractivity contribution in [3.8, 4) is 11.1 Å². The van der Waals surface area contributed by atoms with Gasteiger partial charge in [-0.25, -0.2) is 10.8 Å². The second kappa shape index (κ2) is 9.47. The van der Waals surface area contributed by atoms with Crippen LogP contribution in [0.3, 0.4) is 0 Å². The molecule has 0 saturated heterocycles. The van der Waals surface area contributed by atoms with Crippen LogP contribution in [0.15, 0.2) is 42.9 Å². The van der Waals surface area contributed by atoms with E-state index in [1.54, 1.807) is 43.6 Å². The molecule has 0 aliphatic heterocycles. The number of amidine groups is 1. The van der Waals surface area contributed by atoms with Crippen molar-refractivity contribution in [3.63, 3.8) is 0 Å². The lowest BCUT2D eigenvalue weighted by molar-refractivity contribution is 0.102. The Labute approximate surface area is 193 Å². The molecule has 3 aromatic heterocycles. The van der Waals surface area contributed by atoms with Gasteiger partial charge in [0.1, 0.15) is 17.2 Å². The van der Waals surface area contributed by atoms with Crippen molar-refractivity contribution in [2.24, 2.45) is 5.84 Å². The number of amides is 1. The van der Waals surface area contributed by atoms with E-state index < -0.39 is 11.9 Å². The van der Waals surface area contributed by atoms with E-state index >= 15 is 0 Å². The Morgan fingerprint density at radius 3 is 2.67 bits per heavy atom. The highest BCUT2D eigenvalue weighted by atomic mass is 16.3. The summed E-state index contributed by atoms with van der Waals surface area (Å²) in [5, 5.41) is 25.7. The van der Waals surface area contributed by atoms with Gasteiger partial charge >= 0.3 is 0 Å². The Balaban J connectivity index is 1.82. The number of aliphatic hydroxyl groups is 1. The smallest absolute Gasteiger partial charge is 0.275 e. The molecule has 3 aromatic rings. The Bertz CT molecular complexity index is 1170. The van der Waals surface area contributed by atoms with E-state index in [2.05, 4.69) is 41.2 Å². The van der Waals surface area contributed by atoms with E-state index in [1.807, 2.05) is 17.8 Å². The third kappa shape index (κ3) is 5.41. The van der Waals surface area contributed by atoms with Gasteiger partial charge in [-0.15, -0.1) is 0 Å². The van der Waals surface area contributed by atoms with Crippen LogP contribution in [0.1, 0.15) is 49.4 Å². The maximum atomic E-state index is 12.9. The Morgan fingerprint density at radius 1 is 1.30 bits per heavy atom. The number of hydrazine groups is 1. The number of rotatable bonds is 6. The number of carbonyl (C=O) groups excluding carboxylic acids is 1. The molecule has 3 rings (SSSR count). The molecule has 174 valence electrons. The summed E-state index contributed by atoms with van der Waals surface area (Å²) in [7, 11) is 0. The number of nitrogens with two attached hydrogens (primary N) is 1. The molecule has 33 heavy (non-hydrogen) atoms. The summed E-state index contributed by atoms with van der Waals surface area (Å²) in [5.74, 6) is 5.63. The summed E-state index contributed by atoms with van der Waals surface area (Å²) < 4.78 is 1.88. The van der Waals surface area contributed by atoms with E-state index in [1.165, 1.54) is 0 Å². The monoisotopic (exact) mass is 450 g/mol. The van der Waals surface area contributed by atoms with Gasteiger partial charge in [-0.2, -0.15) is 5.10 Å². The van der Waals surface area contributed by atoms with Crippen LogP contribution in [0.2, 0.25) is 0 Å². The molecule has 10 nitrogen and oxygen atoms in total. The summed E-state index contributed by atoms with van der Waals surface area (Å²) in [6.07, 6.45) is 5.38. The molecule has 3 heterocycles. The fourth-order valence-electron chi connectivity index (χ4n) is 3.04. The van der Waals surface area contributed by atoms with Gasteiger partial charge in [0, 0.05) is 18.0 Å². The lowest BCUT2D eigenvalue weighted by Gasteiger charge is -2.24. The van der Waals surface area contributed by atoms with E-state index in [0.29, 0.717) is 0 Å². The van der Waals surface area contributed by atoms with Gasteiger partial charge < -0.3 is 10.4 Å². The fourth-order valence-corrected chi connectivity index (χ4v) is 3.04. The SMILES string of the molecule is Cc1cnc(C(=O)Nc2cccc(C(=N)N(N)C(C)CO)n2)cc1-c1cnn(C(C)(C)C)c1. The van der Waals surface area contributed by atoms with Crippen LogP contribution < -0.4 is 11.2 Å². The number of hydrogen-bond donors (Lipinski definition) is 4. The van der Waals surface area contributed by atoms with Gasteiger partial charge in [0.25, 0.3) is 5.91 Å². The third-order valence-electron chi connectivity index (χ3n) is 5.15. The average molecular weight is 451 g/mol. The molecule has 0 aliphatic rings. The van der Waals surface area contributed by atoms with Crippen LogP contribution in [0, 0.1) is 12.3 Å². The Kier molecular flexibility index (Phi) is 6.89. The first kappa shape index (κ1) is 24.0. The van der Waals surface area contributed by atoms with Gasteiger partial charge in [-0.1, -0.05) is 6.07 Å². The van der Waals surface area contributed by atoms with Crippen LogP contribution in [0.5, 0.6) is 0 Å². The van der Waals surface area contributed by atoms with Crippen molar-refractivity contribution in [1.82, 2.24) is 24.8 Å². The molecule has 0 bridgehead atoms. The van der Waals surface area contributed by atoms with E-state index in [9.17, 15) is 9.90 Å². The molecular weight excluding hydrogens is 420 g/mol. The molecule has 0 saturated carbocycles. The molecule has 1 atom stereocenters. The number of aromatic nitrogens is 4. The first-order chi connectivity index (χ1) is 15.5. The zero-order valence-electron chi connectivity index (χ0n) is 19.5. The largest absolute Gasteiger partial charge is 0.394 e. The first-order valence-corrected chi connectivity index (χ1v) is 10.6. The molecule has 1 amide bonds. The van der Waals surface area contributed by atoms with Gasteiger partial charge in [-0.05, 0) is 63.9 Å². The molecule has 0 spiro atoms. The van der Waals surface area contributed by atoms with Crippen molar-refractivity contribution < 1.29 is 9.90 Å². The molecule has 1 unspecified atom stereocenters. The van der Waals surface area contributed by atoms with E-state index in [0.717, 1.165) is 21.7 Å². The number of carbonyl (C=O) groups is 1. The van der Waals surface area contributed by atoms with Gasteiger partial charge in [0.05, 0.1) is 24.4 Å². The minimum absolute atomic E-state index is 0.0701. The highest BCUT2D eigenvalue weighted by Crippen LogP contribution is 2.25. The lowest BCUT2D eigenvalue weighted by atomic mass is 10.0. The average Bonchev–Trinajstić information content (AvgIpc) is 3.28. The molecule has 0 aromatic carbocycles. The van der Waals surface area contributed by atoms with Gasteiger partial charge in [0.2, 0.25) is 0 Å². The van der Waals surface area contributed by atoms with Gasteiger partial charge in [-0.3, -0.25) is 24.9 Å². The van der Waals surface area contributed by atoms with Crippen molar-refractivity contribution in [2.45, 2.75) is 46.2 Å². The van der Waals surface area contributed by atoms with Gasteiger partial charge in [0.15, 0.2) is 5.84 Å². The summed E-state index contributed by atoms with van der Waals surface area (Å²) in [6, 6.07) is 6.17. The topological polar surface area (TPSA) is 146 Å². The minimum Gasteiger partial charge on any atom is -0.394 e. The summed E-state index contributed by atoms with van der Waals surface area (Å²) in [4.78, 5) is 21.5. The molecule has 0 fully saturated rings. The fraction of sp³-hybridized carbons (Fsp3) is 0.348. The molecule has 5 N–H and O–H groups in total. The molecule has 10 heteroatoms. The highest BCUT2D eigenvalue weighted by Gasteiger charge is 2.19. The predicted octanol–water partition coefficient (Wildman–Crippen LogP) is 2.54. The maximum Gasteiger partial charge on any atom is 0.275 e. The second-order valence-corrected chi connectivity index (χ2v) is 8.88. The van der Waals surface area contributed by atoms with Crippen molar-refractivity contribution in [3.05, 3.63) is 59.8 Å². The number of aliphatic hydroxyl groups excluding tert-OH is 1. The summed E-state index contributed by atoms with van der Waals surface area (Å²) >= 11 is 0. The van der Waals surface area contributed by atoms with E-state index in [-0.39, 0.29) is 35.2 Å². The standard InChI is InChI=1S/C23H30N8O2/c1-14-10-26-19(9-17(14)16-11-27-30(12-16)23(3,4)5)22(33)29-20-8-6-7-18(28-20)21(24)31(25)15(2)13-32/h6-12,15,24,32H,13,25H2,1-5H3,(H,28,29,33). The second-order valence-electron chi connectivity index (χ2n) is 8.88. The normalized spacial score (nSPS) is 12.3. The number of nitrogens with one attached hydrogen (secondary N) is 2. The maximum absolute atomic E-state index is 12.9. The molecular formula is C23H30N8O2. The van der Waals surface area contributed by atoms with Crippen molar-refractivity contribution in [1.29, 1.82) is 5.41 Å². The zero-order chi connectivity index (χ0) is 24.3. The van der Waals surface area contributed by atoms with Crippen molar-refractivity contribution in [2.75, 3.05) is 11.9 Å². The van der Waals surface area contributed by atoms with Crippen molar-refractivity contribution >= 4 is 17.6 Å². The Hall–Kier alpha value is -3.63. The summed E-state index contributed by atoms with van der Waals surface area (Å²) in [5.41, 5.74) is 3.03. The third-order valence-corrected chi connectivity index (χ3v) is 5.15. The van der Waals surface area contributed by atoms with Crippen LogP contribution in [0.25, 0.3) is 11.1 Å². The summed E-state index contributed by atoms with van der Waals surface area (Å²) in [6.45, 7) is 9.62. The minimum atomic E-state index is -0.449. The first-order valence-electron chi connectivity index (χ1n) is 10.6. The molecule has 0 aliphatic carbocycles. The van der Waals surface area contributed by atoms with E-state index in [4.69, 9.17) is 11.3 Å². The van der Waals surface area contributed by atoms with Crippen LogP contribution in [0.4, 0.5) is 5.82 Å².